The van der Waals surface area contributed by atoms with Crippen LogP contribution in [-0.2, 0) is 10.0 Å². The number of carbonyl (C=O) groups is 1. The molecule has 2 amide bonds. The summed E-state index contributed by atoms with van der Waals surface area (Å²) in [7, 11) is -3.85. The number of aromatic nitrogens is 3. The van der Waals surface area contributed by atoms with Crippen molar-refractivity contribution in [3.63, 3.8) is 0 Å². The van der Waals surface area contributed by atoms with Gasteiger partial charge < -0.3 is 15.1 Å². The molecule has 0 saturated heterocycles. The van der Waals surface area contributed by atoms with Crippen LogP contribution in [0.1, 0.15) is 18.4 Å². The van der Waals surface area contributed by atoms with E-state index in [4.69, 9.17) is 4.42 Å². The van der Waals surface area contributed by atoms with Gasteiger partial charge in [0.25, 0.3) is 10.0 Å². The minimum absolute atomic E-state index is 0.181. The normalized spacial score (nSPS) is 11.5. The summed E-state index contributed by atoms with van der Waals surface area (Å²) in [5.41, 5.74) is 3.95. The third-order valence-corrected chi connectivity index (χ3v) is 7.54. The Hall–Kier alpha value is -4.44. The lowest BCUT2D eigenvalue weighted by Crippen LogP contribution is -2.28. The van der Waals surface area contributed by atoms with Gasteiger partial charge in [0, 0.05) is 48.1 Å². The Morgan fingerprint density at radius 2 is 1.73 bits per heavy atom. The van der Waals surface area contributed by atoms with E-state index in [1.165, 1.54) is 10.2 Å². The van der Waals surface area contributed by atoms with E-state index in [9.17, 15) is 13.2 Å². The SMILES string of the molecule is CCNC(=O)Nc1ccc(-c2nc(C)oc2-c2ccnc3c2ccn3S(=O)(=O)c2ccc(C)cc2)cc1. The first-order valence-corrected chi connectivity index (χ1v) is 13.1. The summed E-state index contributed by atoms with van der Waals surface area (Å²) in [5.74, 6) is 0.964. The van der Waals surface area contributed by atoms with Gasteiger partial charge in [-0.05, 0) is 50.2 Å². The van der Waals surface area contributed by atoms with Crippen LogP contribution >= 0.6 is 0 Å². The fourth-order valence-electron chi connectivity index (χ4n) is 4.08. The number of hydrogen-bond acceptors (Lipinski definition) is 6. The number of anilines is 1. The van der Waals surface area contributed by atoms with Crippen molar-refractivity contribution in [2.75, 3.05) is 11.9 Å². The minimum Gasteiger partial charge on any atom is -0.440 e. The Bertz CT molecular complexity index is 1700. The minimum atomic E-state index is -3.85. The second-order valence-corrected chi connectivity index (χ2v) is 10.3. The van der Waals surface area contributed by atoms with Gasteiger partial charge in [0.1, 0.15) is 5.69 Å². The number of nitrogens with zero attached hydrogens (tertiary/aromatic N) is 3. The van der Waals surface area contributed by atoms with E-state index in [2.05, 4.69) is 20.6 Å². The van der Waals surface area contributed by atoms with Crippen molar-refractivity contribution >= 4 is 32.8 Å². The summed E-state index contributed by atoms with van der Waals surface area (Å²) in [6, 6.07) is 17.2. The molecule has 0 atom stereocenters. The third kappa shape index (κ3) is 4.58. The van der Waals surface area contributed by atoms with Gasteiger partial charge in [0.15, 0.2) is 17.3 Å². The lowest BCUT2D eigenvalue weighted by atomic mass is 10.0. The molecule has 0 bridgehead atoms. The van der Waals surface area contributed by atoms with E-state index in [0.717, 1.165) is 11.1 Å². The van der Waals surface area contributed by atoms with Gasteiger partial charge in [-0.15, -0.1) is 0 Å². The second-order valence-electron chi connectivity index (χ2n) is 8.50. The summed E-state index contributed by atoms with van der Waals surface area (Å²) < 4.78 is 33.9. The van der Waals surface area contributed by atoms with Crippen LogP contribution < -0.4 is 10.6 Å². The van der Waals surface area contributed by atoms with Crippen LogP contribution in [0.4, 0.5) is 10.5 Å². The molecule has 0 saturated carbocycles. The lowest BCUT2D eigenvalue weighted by molar-refractivity contribution is 0.252. The molecule has 0 aliphatic rings. The molecule has 2 N–H and O–H groups in total. The average Bonchev–Trinajstić information content (AvgIpc) is 3.49. The van der Waals surface area contributed by atoms with E-state index in [0.29, 0.717) is 46.2 Å². The van der Waals surface area contributed by atoms with Crippen LogP contribution in [0.25, 0.3) is 33.6 Å². The van der Waals surface area contributed by atoms with E-state index >= 15 is 0 Å². The van der Waals surface area contributed by atoms with Gasteiger partial charge in [0.05, 0.1) is 4.90 Å². The fourth-order valence-corrected chi connectivity index (χ4v) is 5.38. The molecule has 5 aromatic rings. The average molecular weight is 516 g/mol. The third-order valence-electron chi connectivity index (χ3n) is 5.86. The van der Waals surface area contributed by atoms with E-state index in [1.54, 1.807) is 61.7 Å². The van der Waals surface area contributed by atoms with Crippen LogP contribution in [-0.4, -0.2) is 34.9 Å². The molecule has 2 aromatic carbocycles. The largest absolute Gasteiger partial charge is 0.440 e. The molecule has 0 spiro atoms. The summed E-state index contributed by atoms with van der Waals surface area (Å²) in [4.78, 5) is 21.0. The van der Waals surface area contributed by atoms with E-state index < -0.39 is 10.0 Å². The molecule has 0 radical (unpaired) electrons. The Kier molecular flexibility index (Phi) is 6.26. The number of carbonyl (C=O) groups excluding carboxylic acids is 1. The molecule has 0 aliphatic heterocycles. The first-order valence-electron chi connectivity index (χ1n) is 11.7. The highest BCUT2D eigenvalue weighted by molar-refractivity contribution is 7.90. The molecular formula is C27H25N5O4S. The number of urea groups is 1. The first-order chi connectivity index (χ1) is 17.8. The number of nitrogens with one attached hydrogen (secondary N) is 2. The van der Waals surface area contributed by atoms with Gasteiger partial charge in [0.2, 0.25) is 0 Å². The molecule has 10 heteroatoms. The van der Waals surface area contributed by atoms with Crippen LogP contribution in [0.5, 0.6) is 0 Å². The number of benzene rings is 2. The zero-order valence-electron chi connectivity index (χ0n) is 20.5. The maximum atomic E-state index is 13.4. The van der Waals surface area contributed by atoms with Crippen molar-refractivity contribution in [3.05, 3.63) is 84.5 Å². The Labute approximate surface area is 214 Å². The predicted octanol–water partition coefficient (Wildman–Crippen LogP) is 5.35. The van der Waals surface area contributed by atoms with Crippen LogP contribution in [0.3, 0.4) is 0 Å². The highest BCUT2D eigenvalue weighted by Gasteiger charge is 2.23. The zero-order valence-corrected chi connectivity index (χ0v) is 21.3. The molecule has 9 nitrogen and oxygen atoms in total. The van der Waals surface area contributed by atoms with Crippen LogP contribution in [0.2, 0.25) is 0 Å². The van der Waals surface area contributed by atoms with Crippen LogP contribution in [0.15, 0.2) is 82.4 Å². The number of amides is 2. The number of pyridine rings is 1. The Morgan fingerprint density at radius 3 is 2.43 bits per heavy atom. The van der Waals surface area contributed by atoms with Crippen molar-refractivity contribution in [2.24, 2.45) is 0 Å². The highest BCUT2D eigenvalue weighted by Crippen LogP contribution is 2.37. The van der Waals surface area contributed by atoms with E-state index in [-0.39, 0.29) is 10.9 Å². The smallest absolute Gasteiger partial charge is 0.319 e. The number of aryl methyl sites for hydroxylation is 2. The number of hydrogen-bond donors (Lipinski definition) is 2. The molecule has 5 rings (SSSR count). The number of rotatable bonds is 6. The molecule has 0 fully saturated rings. The molecule has 188 valence electrons. The summed E-state index contributed by atoms with van der Waals surface area (Å²) in [6.07, 6.45) is 3.06. The molecule has 3 aromatic heterocycles. The molecule has 0 unspecified atom stereocenters. The van der Waals surface area contributed by atoms with Crippen molar-refractivity contribution < 1.29 is 17.6 Å². The maximum Gasteiger partial charge on any atom is 0.319 e. The molecular weight excluding hydrogens is 490 g/mol. The topological polar surface area (TPSA) is 119 Å². The van der Waals surface area contributed by atoms with Gasteiger partial charge in [-0.25, -0.2) is 27.2 Å². The molecule has 37 heavy (non-hydrogen) atoms. The molecule has 3 heterocycles. The first kappa shape index (κ1) is 24.3. The second kappa shape index (κ2) is 9.55. The van der Waals surface area contributed by atoms with E-state index in [1.807, 2.05) is 26.0 Å². The van der Waals surface area contributed by atoms with Crippen molar-refractivity contribution in [2.45, 2.75) is 25.7 Å². The Morgan fingerprint density at radius 1 is 1.00 bits per heavy atom. The number of fused-ring (bicyclic) bond motifs is 1. The van der Waals surface area contributed by atoms with Gasteiger partial charge in [-0.1, -0.05) is 29.8 Å². The van der Waals surface area contributed by atoms with Gasteiger partial charge in [-0.2, -0.15) is 0 Å². The summed E-state index contributed by atoms with van der Waals surface area (Å²) in [5, 5.41) is 6.07. The van der Waals surface area contributed by atoms with Crippen molar-refractivity contribution in [3.8, 4) is 22.6 Å². The Balaban J connectivity index is 1.56. The van der Waals surface area contributed by atoms with Crippen molar-refractivity contribution in [1.82, 2.24) is 19.3 Å². The molecule has 0 aliphatic carbocycles. The monoisotopic (exact) mass is 515 g/mol. The highest BCUT2D eigenvalue weighted by atomic mass is 32.2. The number of oxazole rings is 1. The lowest BCUT2D eigenvalue weighted by Gasteiger charge is -2.09. The van der Waals surface area contributed by atoms with Crippen LogP contribution in [0, 0.1) is 13.8 Å². The van der Waals surface area contributed by atoms with Crippen molar-refractivity contribution in [1.29, 1.82) is 0 Å². The zero-order chi connectivity index (χ0) is 26.2. The van der Waals surface area contributed by atoms with Gasteiger partial charge in [-0.3, -0.25) is 0 Å². The summed E-state index contributed by atoms with van der Waals surface area (Å²) in [6.45, 7) is 6.03. The maximum absolute atomic E-state index is 13.4. The standard InChI is InChI=1S/C27H25N5O4S/c1-4-28-27(33)31-20-9-7-19(8-10-20)24-25(36-18(3)30-24)22-13-15-29-26-23(22)14-16-32(26)37(34,35)21-11-5-17(2)6-12-21/h5-16H,4H2,1-3H3,(H2,28,31,33). The van der Waals surface area contributed by atoms with Gasteiger partial charge >= 0.3 is 6.03 Å². The quantitative estimate of drug-likeness (QED) is 0.314. The fraction of sp³-hybridized carbons (Fsp3) is 0.148. The summed E-state index contributed by atoms with van der Waals surface area (Å²) >= 11 is 0. The predicted molar refractivity (Wildman–Crippen MR) is 142 cm³/mol.